The summed E-state index contributed by atoms with van der Waals surface area (Å²) in [5, 5.41) is 4.30. The lowest BCUT2D eigenvalue weighted by Gasteiger charge is -2.18. The Morgan fingerprint density at radius 3 is 2.11 bits per heavy atom. The van der Waals surface area contributed by atoms with Crippen molar-refractivity contribution in [2.75, 3.05) is 30.8 Å². The summed E-state index contributed by atoms with van der Waals surface area (Å²) in [6.07, 6.45) is -4.63. The number of amides is 2. The maximum absolute atomic E-state index is 13.5. The first-order chi connectivity index (χ1) is 13.1. The summed E-state index contributed by atoms with van der Waals surface area (Å²) < 4.78 is 65.4. The second-order valence-electron chi connectivity index (χ2n) is 5.94. The topological polar surface area (TPSA) is 61.4 Å². The highest BCUT2D eigenvalue weighted by molar-refractivity contribution is 5.95. The molecule has 0 radical (unpaired) electrons. The van der Waals surface area contributed by atoms with Crippen LogP contribution in [0.2, 0.25) is 0 Å². The first-order valence-corrected chi connectivity index (χ1v) is 7.96. The highest BCUT2D eigenvalue weighted by Crippen LogP contribution is 2.34. The van der Waals surface area contributed by atoms with Crippen molar-refractivity contribution in [3.05, 3.63) is 59.7 Å². The molecule has 0 unspecified atom stereocenters. The molecule has 0 aliphatic carbocycles. The Balaban J connectivity index is 1.93. The van der Waals surface area contributed by atoms with Crippen molar-refractivity contribution >= 4 is 23.2 Å². The normalized spacial score (nSPS) is 11.4. The molecule has 2 amide bonds. The number of para-hydroxylation sites is 1. The summed E-state index contributed by atoms with van der Waals surface area (Å²) in [6, 6.07) is 7.02. The number of alkyl halides is 3. The SMILES string of the molecule is CN(CC(=O)Nc1cc(F)ccc1F)CC(=O)Nc1ccccc1C(F)(F)F. The van der Waals surface area contributed by atoms with Gasteiger partial charge in [0, 0.05) is 6.07 Å². The standard InChI is InChI=1S/C18H16F5N3O2/c1-26(10-17(28)25-15-8-11(19)6-7-13(15)20)9-16(27)24-14-5-3-2-4-12(14)18(21,22)23/h2-8H,9-10H2,1H3,(H,24,27)(H,25,28). The van der Waals surface area contributed by atoms with E-state index in [2.05, 4.69) is 10.6 Å². The molecule has 28 heavy (non-hydrogen) atoms. The van der Waals surface area contributed by atoms with Crippen molar-refractivity contribution in [1.82, 2.24) is 4.90 Å². The molecule has 5 nitrogen and oxygen atoms in total. The van der Waals surface area contributed by atoms with Crippen molar-refractivity contribution in [3.63, 3.8) is 0 Å². The molecular weight excluding hydrogens is 385 g/mol. The smallest absolute Gasteiger partial charge is 0.324 e. The summed E-state index contributed by atoms with van der Waals surface area (Å²) in [6.45, 7) is -0.768. The van der Waals surface area contributed by atoms with Crippen LogP contribution < -0.4 is 10.6 Å². The molecule has 2 rings (SSSR count). The van der Waals surface area contributed by atoms with Crippen LogP contribution in [0, 0.1) is 11.6 Å². The van der Waals surface area contributed by atoms with E-state index in [1.165, 1.54) is 24.1 Å². The Morgan fingerprint density at radius 2 is 1.50 bits per heavy atom. The quantitative estimate of drug-likeness (QED) is 0.729. The fourth-order valence-corrected chi connectivity index (χ4v) is 2.36. The second-order valence-corrected chi connectivity index (χ2v) is 5.94. The van der Waals surface area contributed by atoms with E-state index in [4.69, 9.17) is 0 Å². The molecule has 0 saturated heterocycles. The van der Waals surface area contributed by atoms with Crippen molar-refractivity contribution in [1.29, 1.82) is 0 Å². The lowest BCUT2D eigenvalue weighted by atomic mass is 10.1. The van der Waals surface area contributed by atoms with Crippen LogP contribution in [0.4, 0.5) is 33.3 Å². The molecule has 0 heterocycles. The van der Waals surface area contributed by atoms with Gasteiger partial charge in [0.15, 0.2) is 0 Å². The summed E-state index contributed by atoms with van der Waals surface area (Å²) in [5.41, 5.74) is -1.76. The number of anilines is 2. The molecule has 2 aromatic carbocycles. The number of hydrogen-bond donors (Lipinski definition) is 2. The second kappa shape index (κ2) is 8.79. The number of carbonyl (C=O) groups excluding carboxylic acids is 2. The van der Waals surface area contributed by atoms with Gasteiger partial charge in [0.1, 0.15) is 11.6 Å². The van der Waals surface area contributed by atoms with Gasteiger partial charge in [-0.05, 0) is 31.3 Å². The van der Waals surface area contributed by atoms with Crippen molar-refractivity contribution in [3.8, 4) is 0 Å². The fraction of sp³-hybridized carbons (Fsp3) is 0.222. The van der Waals surface area contributed by atoms with E-state index in [0.717, 1.165) is 30.3 Å². The Morgan fingerprint density at radius 1 is 0.929 bits per heavy atom. The minimum absolute atomic E-state index is 0.359. The van der Waals surface area contributed by atoms with Gasteiger partial charge in [-0.15, -0.1) is 0 Å². The fourth-order valence-electron chi connectivity index (χ4n) is 2.36. The van der Waals surface area contributed by atoms with Gasteiger partial charge in [-0.1, -0.05) is 12.1 Å². The van der Waals surface area contributed by atoms with Gasteiger partial charge < -0.3 is 10.6 Å². The highest BCUT2D eigenvalue weighted by Gasteiger charge is 2.33. The van der Waals surface area contributed by atoms with Crippen LogP contribution in [0.25, 0.3) is 0 Å². The van der Waals surface area contributed by atoms with Gasteiger partial charge in [-0.2, -0.15) is 13.2 Å². The minimum atomic E-state index is -4.63. The predicted octanol–water partition coefficient (Wildman–Crippen LogP) is 3.49. The summed E-state index contributed by atoms with van der Waals surface area (Å²) in [5.74, 6) is -3.08. The lowest BCUT2D eigenvalue weighted by Crippen LogP contribution is -2.36. The Kier molecular flexibility index (Phi) is 6.68. The molecule has 0 aromatic heterocycles. The molecule has 0 aliphatic heterocycles. The molecule has 10 heteroatoms. The monoisotopic (exact) mass is 401 g/mol. The third-order valence-electron chi connectivity index (χ3n) is 3.54. The summed E-state index contributed by atoms with van der Waals surface area (Å²) >= 11 is 0. The number of likely N-dealkylation sites (N-methyl/N-ethyl adjacent to an activating group) is 1. The number of rotatable bonds is 6. The van der Waals surface area contributed by atoms with E-state index in [-0.39, 0.29) is 12.2 Å². The van der Waals surface area contributed by atoms with Crippen LogP contribution in [0.15, 0.2) is 42.5 Å². The number of hydrogen-bond acceptors (Lipinski definition) is 3. The maximum Gasteiger partial charge on any atom is 0.418 e. The first kappa shape index (κ1) is 21.3. The van der Waals surface area contributed by atoms with Gasteiger partial charge in [0.05, 0.1) is 30.0 Å². The Bertz CT molecular complexity index is 871. The van der Waals surface area contributed by atoms with Crippen LogP contribution in [0.1, 0.15) is 5.56 Å². The van der Waals surface area contributed by atoms with Crippen molar-refractivity contribution in [2.24, 2.45) is 0 Å². The molecule has 2 N–H and O–H groups in total. The molecule has 0 saturated carbocycles. The molecule has 0 spiro atoms. The summed E-state index contributed by atoms with van der Waals surface area (Å²) in [7, 11) is 1.37. The zero-order valence-corrected chi connectivity index (χ0v) is 14.6. The maximum atomic E-state index is 13.5. The minimum Gasteiger partial charge on any atom is -0.324 e. The number of halogens is 5. The van der Waals surface area contributed by atoms with E-state index >= 15 is 0 Å². The van der Waals surface area contributed by atoms with Gasteiger partial charge in [-0.3, -0.25) is 14.5 Å². The van der Waals surface area contributed by atoms with E-state index in [1.807, 2.05) is 0 Å². The average Bonchev–Trinajstić information content (AvgIpc) is 2.57. The van der Waals surface area contributed by atoms with Crippen LogP contribution in [-0.2, 0) is 15.8 Å². The van der Waals surface area contributed by atoms with E-state index < -0.39 is 47.4 Å². The van der Waals surface area contributed by atoms with Crippen LogP contribution in [-0.4, -0.2) is 36.9 Å². The van der Waals surface area contributed by atoms with Crippen LogP contribution in [0.3, 0.4) is 0 Å². The molecule has 0 atom stereocenters. The zero-order valence-electron chi connectivity index (χ0n) is 14.6. The Labute approximate surface area is 157 Å². The van der Waals surface area contributed by atoms with Gasteiger partial charge >= 0.3 is 6.18 Å². The number of nitrogens with zero attached hydrogens (tertiary/aromatic N) is 1. The highest BCUT2D eigenvalue weighted by atomic mass is 19.4. The lowest BCUT2D eigenvalue weighted by molar-refractivity contribution is -0.137. The van der Waals surface area contributed by atoms with Crippen LogP contribution in [0.5, 0.6) is 0 Å². The molecule has 150 valence electrons. The van der Waals surface area contributed by atoms with E-state index in [1.54, 1.807) is 0 Å². The summed E-state index contributed by atoms with van der Waals surface area (Å²) in [4.78, 5) is 25.1. The average molecular weight is 401 g/mol. The van der Waals surface area contributed by atoms with E-state index in [9.17, 15) is 31.5 Å². The third kappa shape index (κ3) is 6.02. The molecule has 0 bridgehead atoms. The van der Waals surface area contributed by atoms with Gasteiger partial charge in [0.25, 0.3) is 0 Å². The van der Waals surface area contributed by atoms with Gasteiger partial charge in [0.2, 0.25) is 11.8 Å². The van der Waals surface area contributed by atoms with Gasteiger partial charge in [-0.25, -0.2) is 8.78 Å². The number of benzene rings is 2. The number of carbonyl (C=O) groups is 2. The zero-order chi connectivity index (χ0) is 20.9. The predicted molar refractivity (Wildman–Crippen MR) is 92.6 cm³/mol. The first-order valence-electron chi connectivity index (χ1n) is 7.96. The molecular formula is C18H16F5N3O2. The molecule has 0 fully saturated rings. The Hall–Kier alpha value is -3.01. The van der Waals surface area contributed by atoms with E-state index in [0.29, 0.717) is 0 Å². The van der Waals surface area contributed by atoms with Crippen molar-refractivity contribution < 1.29 is 31.5 Å². The largest absolute Gasteiger partial charge is 0.418 e. The van der Waals surface area contributed by atoms with Crippen molar-refractivity contribution in [2.45, 2.75) is 6.18 Å². The third-order valence-corrected chi connectivity index (χ3v) is 3.54. The molecule has 0 aliphatic rings. The molecule has 2 aromatic rings. The van der Waals surface area contributed by atoms with Crippen LogP contribution >= 0.6 is 0 Å². The number of nitrogens with one attached hydrogen (secondary N) is 2.